The highest BCUT2D eigenvalue weighted by molar-refractivity contribution is 6.31. The van der Waals surface area contributed by atoms with Crippen molar-refractivity contribution in [3.05, 3.63) is 58.9 Å². The van der Waals surface area contributed by atoms with E-state index in [0.29, 0.717) is 24.8 Å². The largest absolute Gasteiger partial charge is 0.487 e. The van der Waals surface area contributed by atoms with Crippen molar-refractivity contribution in [1.29, 1.82) is 0 Å². The molecule has 0 radical (unpaired) electrons. The van der Waals surface area contributed by atoms with Gasteiger partial charge in [-0.25, -0.2) is 0 Å². The maximum Gasteiger partial charge on any atom is 0.138 e. The molecule has 1 heterocycles. The van der Waals surface area contributed by atoms with Crippen LogP contribution in [0.1, 0.15) is 11.3 Å². The molecule has 0 aliphatic heterocycles. The minimum atomic E-state index is 0.437. The fraction of sp³-hybridized carbons (Fsp3) is 0.312. The van der Waals surface area contributed by atoms with Crippen molar-refractivity contribution in [1.82, 2.24) is 10.3 Å². The summed E-state index contributed by atoms with van der Waals surface area (Å²) < 4.78 is 10.7. The maximum absolute atomic E-state index is 6.08. The number of benzene rings is 1. The minimum Gasteiger partial charge on any atom is -0.487 e. The second kappa shape index (κ2) is 8.62. The third-order valence-electron chi connectivity index (χ3n) is 2.94. The standard InChI is InChI=1S/C16H19ClN2O2/c1-20-9-8-18-10-14-6-7-15(11-19-14)21-12-13-4-2-3-5-16(13)17/h2-7,11,18H,8-10,12H2,1H3. The highest BCUT2D eigenvalue weighted by Gasteiger charge is 2.01. The van der Waals surface area contributed by atoms with E-state index in [4.69, 9.17) is 21.1 Å². The fourth-order valence-electron chi connectivity index (χ4n) is 1.77. The molecule has 0 saturated heterocycles. The first-order valence-corrected chi connectivity index (χ1v) is 7.18. The van der Waals surface area contributed by atoms with Gasteiger partial charge >= 0.3 is 0 Å². The normalized spacial score (nSPS) is 10.6. The second-order valence-corrected chi connectivity index (χ2v) is 4.94. The van der Waals surface area contributed by atoms with Crippen LogP contribution in [-0.2, 0) is 17.9 Å². The molecule has 0 aliphatic carbocycles. The zero-order chi connectivity index (χ0) is 14.9. The molecule has 0 fully saturated rings. The lowest BCUT2D eigenvalue weighted by molar-refractivity contribution is 0.199. The van der Waals surface area contributed by atoms with E-state index >= 15 is 0 Å². The van der Waals surface area contributed by atoms with Crippen LogP contribution in [-0.4, -0.2) is 25.2 Å². The molecule has 112 valence electrons. The fourth-order valence-corrected chi connectivity index (χ4v) is 1.96. The first-order valence-electron chi connectivity index (χ1n) is 6.80. The van der Waals surface area contributed by atoms with Gasteiger partial charge in [-0.15, -0.1) is 0 Å². The summed E-state index contributed by atoms with van der Waals surface area (Å²) >= 11 is 6.08. The number of pyridine rings is 1. The molecular weight excluding hydrogens is 288 g/mol. The van der Waals surface area contributed by atoms with Crippen molar-refractivity contribution in [2.75, 3.05) is 20.3 Å². The molecule has 5 heteroatoms. The van der Waals surface area contributed by atoms with Crippen LogP contribution < -0.4 is 10.1 Å². The van der Waals surface area contributed by atoms with Gasteiger partial charge < -0.3 is 14.8 Å². The Morgan fingerprint density at radius 2 is 2.05 bits per heavy atom. The number of nitrogens with one attached hydrogen (secondary N) is 1. The Kier molecular flexibility index (Phi) is 6.47. The second-order valence-electron chi connectivity index (χ2n) is 4.53. The number of aromatic nitrogens is 1. The Labute approximate surface area is 130 Å². The van der Waals surface area contributed by atoms with Crippen LogP contribution in [0, 0.1) is 0 Å². The minimum absolute atomic E-state index is 0.437. The van der Waals surface area contributed by atoms with Gasteiger partial charge in [0, 0.05) is 30.8 Å². The third kappa shape index (κ3) is 5.34. The first kappa shape index (κ1) is 15.8. The molecule has 21 heavy (non-hydrogen) atoms. The summed E-state index contributed by atoms with van der Waals surface area (Å²) in [5, 5.41) is 3.95. The van der Waals surface area contributed by atoms with Crippen LogP contribution in [0.25, 0.3) is 0 Å². The van der Waals surface area contributed by atoms with Crippen molar-refractivity contribution in [3.63, 3.8) is 0 Å². The molecule has 1 aromatic heterocycles. The number of hydrogen-bond donors (Lipinski definition) is 1. The lowest BCUT2D eigenvalue weighted by Gasteiger charge is -2.08. The highest BCUT2D eigenvalue weighted by Crippen LogP contribution is 2.18. The number of hydrogen-bond acceptors (Lipinski definition) is 4. The Balaban J connectivity index is 1.81. The summed E-state index contributed by atoms with van der Waals surface area (Å²) in [4.78, 5) is 4.35. The van der Waals surface area contributed by atoms with Crippen LogP contribution in [0.2, 0.25) is 5.02 Å². The molecular formula is C16H19ClN2O2. The smallest absolute Gasteiger partial charge is 0.138 e. The molecule has 1 aromatic carbocycles. The Hall–Kier alpha value is -1.62. The van der Waals surface area contributed by atoms with Crippen molar-refractivity contribution in [2.24, 2.45) is 0 Å². The molecule has 2 rings (SSSR count). The molecule has 0 atom stereocenters. The van der Waals surface area contributed by atoms with Crippen molar-refractivity contribution in [2.45, 2.75) is 13.2 Å². The Morgan fingerprint density at radius 1 is 1.19 bits per heavy atom. The molecule has 0 unspecified atom stereocenters. The van der Waals surface area contributed by atoms with E-state index in [9.17, 15) is 0 Å². The van der Waals surface area contributed by atoms with E-state index in [1.165, 1.54) is 0 Å². The van der Waals surface area contributed by atoms with Gasteiger partial charge in [-0.05, 0) is 18.2 Å². The predicted molar refractivity (Wildman–Crippen MR) is 83.6 cm³/mol. The van der Waals surface area contributed by atoms with Gasteiger partial charge in [0.15, 0.2) is 0 Å². The lowest BCUT2D eigenvalue weighted by Crippen LogP contribution is -2.19. The van der Waals surface area contributed by atoms with Crippen LogP contribution in [0.4, 0.5) is 0 Å². The van der Waals surface area contributed by atoms with E-state index in [2.05, 4.69) is 10.3 Å². The van der Waals surface area contributed by atoms with Crippen molar-refractivity contribution >= 4 is 11.6 Å². The van der Waals surface area contributed by atoms with Gasteiger partial charge in [-0.3, -0.25) is 4.98 Å². The molecule has 2 aromatic rings. The van der Waals surface area contributed by atoms with E-state index in [1.807, 2.05) is 36.4 Å². The van der Waals surface area contributed by atoms with Gasteiger partial charge in [0.05, 0.1) is 18.5 Å². The summed E-state index contributed by atoms with van der Waals surface area (Å²) in [5.41, 5.74) is 1.93. The number of nitrogens with zero attached hydrogens (tertiary/aromatic N) is 1. The monoisotopic (exact) mass is 306 g/mol. The summed E-state index contributed by atoms with van der Waals surface area (Å²) in [5.74, 6) is 0.732. The Morgan fingerprint density at radius 3 is 2.76 bits per heavy atom. The predicted octanol–water partition coefficient (Wildman–Crippen LogP) is 3.05. The molecule has 0 aliphatic rings. The summed E-state index contributed by atoms with van der Waals surface area (Å²) in [7, 11) is 1.69. The zero-order valence-electron chi connectivity index (χ0n) is 12.0. The molecule has 1 N–H and O–H groups in total. The summed E-state index contributed by atoms with van der Waals surface area (Å²) in [6, 6.07) is 11.5. The van der Waals surface area contributed by atoms with E-state index < -0.39 is 0 Å². The molecule has 0 amide bonds. The number of ether oxygens (including phenoxy) is 2. The van der Waals surface area contributed by atoms with Crippen molar-refractivity contribution < 1.29 is 9.47 Å². The maximum atomic E-state index is 6.08. The van der Waals surface area contributed by atoms with Gasteiger partial charge in [0.25, 0.3) is 0 Å². The average Bonchev–Trinajstić information content (AvgIpc) is 2.52. The van der Waals surface area contributed by atoms with Gasteiger partial charge in [0.1, 0.15) is 12.4 Å². The van der Waals surface area contributed by atoms with Gasteiger partial charge in [-0.2, -0.15) is 0 Å². The number of methoxy groups -OCH3 is 1. The third-order valence-corrected chi connectivity index (χ3v) is 3.31. The average molecular weight is 307 g/mol. The molecule has 4 nitrogen and oxygen atoms in total. The summed E-state index contributed by atoms with van der Waals surface area (Å²) in [6.07, 6.45) is 1.73. The van der Waals surface area contributed by atoms with E-state index in [0.717, 1.165) is 23.6 Å². The van der Waals surface area contributed by atoms with E-state index in [1.54, 1.807) is 13.3 Å². The van der Waals surface area contributed by atoms with Crippen LogP contribution in [0.3, 0.4) is 0 Å². The Bertz CT molecular complexity index is 546. The van der Waals surface area contributed by atoms with Crippen molar-refractivity contribution in [3.8, 4) is 5.75 Å². The van der Waals surface area contributed by atoms with Crippen LogP contribution in [0.15, 0.2) is 42.6 Å². The molecule has 0 bridgehead atoms. The quantitative estimate of drug-likeness (QED) is 0.761. The molecule has 0 saturated carbocycles. The highest BCUT2D eigenvalue weighted by atomic mass is 35.5. The topological polar surface area (TPSA) is 43.4 Å². The first-order chi connectivity index (χ1) is 10.3. The van der Waals surface area contributed by atoms with Gasteiger partial charge in [-0.1, -0.05) is 29.8 Å². The zero-order valence-corrected chi connectivity index (χ0v) is 12.8. The van der Waals surface area contributed by atoms with Crippen LogP contribution >= 0.6 is 11.6 Å². The number of rotatable bonds is 8. The number of halogens is 1. The SMILES string of the molecule is COCCNCc1ccc(OCc2ccccc2Cl)cn1. The van der Waals surface area contributed by atoms with E-state index in [-0.39, 0.29) is 0 Å². The van der Waals surface area contributed by atoms with Crippen LogP contribution in [0.5, 0.6) is 5.75 Å². The molecule has 0 spiro atoms. The summed E-state index contributed by atoms with van der Waals surface area (Å²) in [6.45, 7) is 2.66. The lowest BCUT2D eigenvalue weighted by atomic mass is 10.2. The van der Waals surface area contributed by atoms with Gasteiger partial charge in [0.2, 0.25) is 0 Å².